The van der Waals surface area contributed by atoms with E-state index in [1.54, 1.807) is 12.4 Å². The first-order chi connectivity index (χ1) is 8.40. The van der Waals surface area contributed by atoms with Gasteiger partial charge < -0.3 is 9.26 Å². The topological polar surface area (TPSA) is 48.2 Å². The van der Waals surface area contributed by atoms with E-state index in [0.29, 0.717) is 18.4 Å². The van der Waals surface area contributed by atoms with Crippen LogP contribution in [0.4, 0.5) is 0 Å². The first kappa shape index (κ1) is 10.3. The number of nitrogens with zero attached hydrogens (tertiary/aromatic N) is 2. The van der Waals surface area contributed by atoms with Crippen LogP contribution in [-0.2, 0) is 0 Å². The van der Waals surface area contributed by atoms with E-state index in [1.165, 1.54) is 12.8 Å². The quantitative estimate of drug-likeness (QED) is 0.810. The van der Waals surface area contributed by atoms with Crippen molar-refractivity contribution >= 4 is 0 Å². The minimum Gasteiger partial charge on any atom is -0.478 e. The molecule has 3 rings (SSSR count). The molecule has 4 nitrogen and oxygen atoms in total. The SMILES string of the molecule is CCOc1ncccc1-c1cnoc1C1CC1. The molecule has 2 aromatic rings. The summed E-state index contributed by atoms with van der Waals surface area (Å²) in [6.07, 6.45) is 5.87. The lowest BCUT2D eigenvalue weighted by molar-refractivity contribution is 0.328. The largest absolute Gasteiger partial charge is 0.478 e. The van der Waals surface area contributed by atoms with Gasteiger partial charge in [0.05, 0.1) is 18.4 Å². The van der Waals surface area contributed by atoms with Crippen molar-refractivity contribution < 1.29 is 9.26 Å². The molecule has 1 saturated carbocycles. The van der Waals surface area contributed by atoms with Crippen molar-refractivity contribution in [2.45, 2.75) is 25.7 Å². The van der Waals surface area contributed by atoms with Crippen molar-refractivity contribution in [3.63, 3.8) is 0 Å². The van der Waals surface area contributed by atoms with Crippen LogP contribution in [0.25, 0.3) is 11.1 Å². The fourth-order valence-electron chi connectivity index (χ4n) is 1.94. The zero-order valence-corrected chi connectivity index (χ0v) is 9.72. The van der Waals surface area contributed by atoms with Crippen LogP contribution < -0.4 is 4.74 Å². The molecule has 2 aromatic heterocycles. The maximum absolute atomic E-state index is 5.54. The lowest BCUT2D eigenvalue weighted by Gasteiger charge is -2.07. The van der Waals surface area contributed by atoms with Crippen LogP contribution in [0.1, 0.15) is 31.4 Å². The van der Waals surface area contributed by atoms with E-state index in [1.807, 2.05) is 19.1 Å². The first-order valence-electron chi connectivity index (χ1n) is 5.93. The Labute approximate surface area is 99.6 Å². The fourth-order valence-corrected chi connectivity index (χ4v) is 1.94. The third kappa shape index (κ3) is 1.90. The van der Waals surface area contributed by atoms with Gasteiger partial charge in [-0.05, 0) is 31.9 Å². The van der Waals surface area contributed by atoms with E-state index < -0.39 is 0 Å². The van der Waals surface area contributed by atoms with Gasteiger partial charge in [-0.15, -0.1) is 0 Å². The Balaban J connectivity index is 2.04. The molecule has 0 unspecified atom stereocenters. The molecular weight excluding hydrogens is 216 g/mol. The Morgan fingerprint density at radius 2 is 2.29 bits per heavy atom. The van der Waals surface area contributed by atoms with Gasteiger partial charge in [-0.25, -0.2) is 4.98 Å². The predicted octanol–water partition coefficient (Wildman–Crippen LogP) is 3.01. The second kappa shape index (κ2) is 4.20. The molecule has 88 valence electrons. The minimum atomic E-state index is 0.530. The molecule has 1 aliphatic carbocycles. The number of hydrogen-bond acceptors (Lipinski definition) is 4. The van der Waals surface area contributed by atoms with E-state index in [4.69, 9.17) is 9.26 Å². The summed E-state index contributed by atoms with van der Waals surface area (Å²) in [4.78, 5) is 4.25. The zero-order chi connectivity index (χ0) is 11.7. The van der Waals surface area contributed by atoms with Crippen molar-refractivity contribution in [1.82, 2.24) is 10.1 Å². The van der Waals surface area contributed by atoms with Crippen LogP contribution >= 0.6 is 0 Å². The Morgan fingerprint density at radius 3 is 3.06 bits per heavy atom. The van der Waals surface area contributed by atoms with Crippen LogP contribution in [0.2, 0.25) is 0 Å². The van der Waals surface area contributed by atoms with Crippen LogP contribution in [0, 0.1) is 0 Å². The van der Waals surface area contributed by atoms with E-state index >= 15 is 0 Å². The van der Waals surface area contributed by atoms with Crippen molar-refractivity contribution in [3.8, 4) is 17.0 Å². The number of hydrogen-bond donors (Lipinski definition) is 0. The third-order valence-corrected chi connectivity index (χ3v) is 2.89. The summed E-state index contributed by atoms with van der Waals surface area (Å²) in [5, 5.41) is 3.90. The van der Waals surface area contributed by atoms with E-state index in [2.05, 4.69) is 10.1 Å². The Morgan fingerprint density at radius 1 is 1.41 bits per heavy atom. The summed E-state index contributed by atoms with van der Waals surface area (Å²) in [7, 11) is 0. The van der Waals surface area contributed by atoms with E-state index in [9.17, 15) is 0 Å². The number of ether oxygens (including phenoxy) is 1. The van der Waals surface area contributed by atoms with E-state index in [-0.39, 0.29) is 0 Å². The predicted molar refractivity (Wildman–Crippen MR) is 62.9 cm³/mol. The number of rotatable bonds is 4. The summed E-state index contributed by atoms with van der Waals surface area (Å²) in [5.41, 5.74) is 1.99. The molecule has 2 heterocycles. The van der Waals surface area contributed by atoms with Gasteiger partial charge >= 0.3 is 0 Å². The fraction of sp³-hybridized carbons (Fsp3) is 0.385. The van der Waals surface area contributed by atoms with Gasteiger partial charge in [0, 0.05) is 17.7 Å². The molecule has 0 spiro atoms. The summed E-state index contributed by atoms with van der Waals surface area (Å²) < 4.78 is 10.9. The van der Waals surface area contributed by atoms with E-state index in [0.717, 1.165) is 16.9 Å². The van der Waals surface area contributed by atoms with Crippen LogP contribution in [0.3, 0.4) is 0 Å². The molecule has 4 heteroatoms. The maximum Gasteiger partial charge on any atom is 0.221 e. The van der Waals surface area contributed by atoms with Gasteiger partial charge in [-0.1, -0.05) is 5.16 Å². The minimum absolute atomic E-state index is 0.530. The molecule has 0 aromatic carbocycles. The Hall–Kier alpha value is -1.84. The van der Waals surface area contributed by atoms with Crippen molar-refractivity contribution in [1.29, 1.82) is 0 Å². The third-order valence-electron chi connectivity index (χ3n) is 2.89. The Kier molecular flexibility index (Phi) is 2.55. The normalized spacial score (nSPS) is 14.9. The highest BCUT2D eigenvalue weighted by atomic mass is 16.5. The van der Waals surface area contributed by atoms with Gasteiger partial charge in [0.1, 0.15) is 5.76 Å². The first-order valence-corrected chi connectivity index (χ1v) is 5.93. The second-order valence-electron chi connectivity index (χ2n) is 4.17. The van der Waals surface area contributed by atoms with Crippen LogP contribution in [0.5, 0.6) is 5.88 Å². The molecule has 17 heavy (non-hydrogen) atoms. The smallest absolute Gasteiger partial charge is 0.221 e. The highest BCUT2D eigenvalue weighted by molar-refractivity contribution is 5.70. The van der Waals surface area contributed by atoms with Crippen molar-refractivity contribution in [3.05, 3.63) is 30.3 Å². The van der Waals surface area contributed by atoms with Gasteiger partial charge in [0.2, 0.25) is 5.88 Å². The lowest BCUT2D eigenvalue weighted by atomic mass is 10.1. The lowest BCUT2D eigenvalue weighted by Crippen LogP contribution is -1.96. The zero-order valence-electron chi connectivity index (χ0n) is 9.72. The maximum atomic E-state index is 5.54. The van der Waals surface area contributed by atoms with Gasteiger partial charge in [-0.2, -0.15) is 0 Å². The monoisotopic (exact) mass is 230 g/mol. The molecule has 0 aliphatic heterocycles. The van der Waals surface area contributed by atoms with Crippen LogP contribution in [-0.4, -0.2) is 16.7 Å². The van der Waals surface area contributed by atoms with Gasteiger partial charge in [-0.3, -0.25) is 0 Å². The highest BCUT2D eigenvalue weighted by Gasteiger charge is 2.31. The summed E-state index contributed by atoms with van der Waals surface area (Å²) in [5.74, 6) is 2.15. The molecule has 0 amide bonds. The van der Waals surface area contributed by atoms with Crippen LogP contribution in [0.15, 0.2) is 29.0 Å². The Bertz CT molecular complexity index is 518. The summed E-state index contributed by atoms with van der Waals surface area (Å²) in [6.45, 7) is 2.56. The molecule has 0 bridgehead atoms. The number of aromatic nitrogens is 2. The van der Waals surface area contributed by atoms with Gasteiger partial charge in [0.25, 0.3) is 0 Å². The van der Waals surface area contributed by atoms with Gasteiger partial charge in [0.15, 0.2) is 0 Å². The highest BCUT2D eigenvalue weighted by Crippen LogP contribution is 2.45. The standard InChI is InChI=1S/C13H14N2O2/c1-2-16-13-10(4-3-7-14-13)11-8-15-17-12(11)9-5-6-9/h3-4,7-9H,2,5-6H2,1H3. The average Bonchev–Trinajstić information content (AvgIpc) is 3.09. The van der Waals surface area contributed by atoms with Crippen molar-refractivity contribution in [2.75, 3.05) is 6.61 Å². The second-order valence-corrected chi connectivity index (χ2v) is 4.17. The molecule has 0 saturated heterocycles. The molecule has 1 aliphatic rings. The molecular formula is C13H14N2O2. The molecule has 0 radical (unpaired) electrons. The number of pyridine rings is 1. The molecule has 0 atom stereocenters. The molecule has 0 N–H and O–H groups in total. The molecule has 1 fully saturated rings. The summed E-state index contributed by atoms with van der Waals surface area (Å²) in [6, 6.07) is 3.90. The average molecular weight is 230 g/mol. The van der Waals surface area contributed by atoms with Crippen molar-refractivity contribution in [2.24, 2.45) is 0 Å². The summed E-state index contributed by atoms with van der Waals surface area (Å²) >= 11 is 0.